The standard InChI is InChI=1S/C30H26FN3O/c1-20-6-8-22(9-7-20)30-27(15-17-29(35)32-26-13-11-25(31)12-14-26)34-19-24(10-16-28(34)33-30)23-5-3-4-21(2)18-23/h3-14,16,18-19H,15,17H2,1-2H3,(H,32,35). The number of carbonyl (C=O) groups is 1. The third-order valence-corrected chi connectivity index (χ3v) is 6.11. The highest BCUT2D eigenvalue weighted by atomic mass is 19.1. The van der Waals surface area contributed by atoms with Crippen LogP contribution in [0.3, 0.4) is 0 Å². The molecule has 0 aliphatic rings. The summed E-state index contributed by atoms with van der Waals surface area (Å²) in [6.07, 6.45) is 2.88. The maximum Gasteiger partial charge on any atom is 0.224 e. The van der Waals surface area contributed by atoms with Crippen molar-refractivity contribution < 1.29 is 9.18 Å². The van der Waals surface area contributed by atoms with Crippen molar-refractivity contribution in [1.82, 2.24) is 9.38 Å². The van der Waals surface area contributed by atoms with Crippen LogP contribution < -0.4 is 5.32 Å². The number of anilines is 1. The van der Waals surface area contributed by atoms with Crippen molar-refractivity contribution in [2.24, 2.45) is 0 Å². The van der Waals surface area contributed by atoms with Crippen LogP contribution in [0.2, 0.25) is 0 Å². The summed E-state index contributed by atoms with van der Waals surface area (Å²) < 4.78 is 15.3. The van der Waals surface area contributed by atoms with Gasteiger partial charge >= 0.3 is 0 Å². The van der Waals surface area contributed by atoms with E-state index >= 15 is 0 Å². The second-order valence-electron chi connectivity index (χ2n) is 8.84. The normalized spacial score (nSPS) is 11.1. The molecule has 2 aromatic heterocycles. The van der Waals surface area contributed by atoms with Crippen LogP contribution in [0.5, 0.6) is 0 Å². The van der Waals surface area contributed by atoms with Gasteiger partial charge in [-0.3, -0.25) is 4.79 Å². The summed E-state index contributed by atoms with van der Waals surface area (Å²) in [5.41, 5.74) is 8.90. The largest absolute Gasteiger partial charge is 0.326 e. The van der Waals surface area contributed by atoms with E-state index in [1.807, 2.05) is 6.07 Å². The molecule has 0 saturated heterocycles. The van der Waals surface area contributed by atoms with Crippen LogP contribution in [0.25, 0.3) is 28.0 Å². The predicted octanol–water partition coefficient (Wildman–Crippen LogP) is 7.00. The minimum Gasteiger partial charge on any atom is -0.326 e. The molecule has 0 bridgehead atoms. The van der Waals surface area contributed by atoms with Crippen LogP contribution in [0, 0.1) is 19.7 Å². The van der Waals surface area contributed by atoms with E-state index in [1.54, 1.807) is 12.1 Å². The SMILES string of the molecule is Cc1ccc(-c2nc3ccc(-c4cccc(C)c4)cn3c2CCC(=O)Nc2ccc(F)cc2)cc1. The molecule has 0 aliphatic carbocycles. The molecule has 0 fully saturated rings. The number of aromatic nitrogens is 2. The zero-order valence-electron chi connectivity index (χ0n) is 19.8. The molecule has 5 heteroatoms. The highest BCUT2D eigenvalue weighted by Crippen LogP contribution is 2.29. The molecule has 2 heterocycles. The Morgan fingerprint density at radius 1 is 0.857 bits per heavy atom. The Morgan fingerprint density at radius 3 is 2.34 bits per heavy atom. The quantitative estimate of drug-likeness (QED) is 0.295. The van der Waals surface area contributed by atoms with Gasteiger partial charge in [0.05, 0.1) is 11.4 Å². The highest BCUT2D eigenvalue weighted by molar-refractivity contribution is 5.91. The molecule has 0 aliphatic heterocycles. The van der Waals surface area contributed by atoms with Gasteiger partial charge < -0.3 is 9.72 Å². The Labute approximate surface area is 204 Å². The van der Waals surface area contributed by atoms with Gasteiger partial charge in [0.15, 0.2) is 0 Å². The van der Waals surface area contributed by atoms with Gasteiger partial charge in [0, 0.05) is 23.9 Å². The zero-order chi connectivity index (χ0) is 24.4. The molecular weight excluding hydrogens is 437 g/mol. The Balaban J connectivity index is 1.51. The molecule has 5 aromatic rings. The molecule has 0 radical (unpaired) electrons. The van der Waals surface area contributed by atoms with Gasteiger partial charge in [-0.25, -0.2) is 9.37 Å². The first-order valence-electron chi connectivity index (χ1n) is 11.7. The maximum atomic E-state index is 13.2. The van der Waals surface area contributed by atoms with Crippen molar-refractivity contribution in [2.75, 3.05) is 5.32 Å². The van der Waals surface area contributed by atoms with Crippen LogP contribution in [-0.4, -0.2) is 15.3 Å². The van der Waals surface area contributed by atoms with Crippen LogP contribution in [0.1, 0.15) is 23.2 Å². The second-order valence-corrected chi connectivity index (χ2v) is 8.84. The van der Waals surface area contributed by atoms with E-state index in [1.165, 1.54) is 23.3 Å². The number of benzene rings is 3. The van der Waals surface area contributed by atoms with Crippen molar-refractivity contribution in [2.45, 2.75) is 26.7 Å². The third-order valence-electron chi connectivity index (χ3n) is 6.11. The van der Waals surface area contributed by atoms with Gasteiger partial charge in [0.25, 0.3) is 0 Å². The van der Waals surface area contributed by atoms with Crippen molar-refractivity contribution in [3.05, 3.63) is 114 Å². The number of amides is 1. The summed E-state index contributed by atoms with van der Waals surface area (Å²) in [7, 11) is 0. The molecule has 1 amide bonds. The summed E-state index contributed by atoms with van der Waals surface area (Å²) in [5.74, 6) is -0.461. The van der Waals surface area contributed by atoms with Crippen LogP contribution in [0.15, 0.2) is 91.1 Å². The Hall–Kier alpha value is -4.25. The number of halogens is 1. The number of hydrogen-bond donors (Lipinski definition) is 1. The lowest BCUT2D eigenvalue weighted by atomic mass is 10.0. The summed E-state index contributed by atoms with van der Waals surface area (Å²) in [6.45, 7) is 4.14. The van der Waals surface area contributed by atoms with Gasteiger partial charge in [-0.05, 0) is 67.8 Å². The van der Waals surface area contributed by atoms with E-state index in [9.17, 15) is 9.18 Å². The Kier molecular flexibility index (Phi) is 6.15. The number of fused-ring (bicyclic) bond motifs is 1. The van der Waals surface area contributed by atoms with E-state index in [4.69, 9.17) is 4.98 Å². The molecule has 3 aromatic carbocycles. The monoisotopic (exact) mass is 463 g/mol. The summed E-state index contributed by atoms with van der Waals surface area (Å²) in [6, 6.07) is 26.6. The van der Waals surface area contributed by atoms with Crippen LogP contribution >= 0.6 is 0 Å². The zero-order valence-corrected chi connectivity index (χ0v) is 19.8. The number of carbonyl (C=O) groups excluding carboxylic acids is 1. The Morgan fingerprint density at radius 2 is 1.60 bits per heavy atom. The lowest BCUT2D eigenvalue weighted by molar-refractivity contribution is -0.116. The van der Waals surface area contributed by atoms with E-state index in [0.717, 1.165) is 33.7 Å². The first-order valence-corrected chi connectivity index (χ1v) is 11.7. The lowest BCUT2D eigenvalue weighted by Crippen LogP contribution is -2.13. The number of imidazole rings is 1. The van der Waals surface area contributed by atoms with Gasteiger partial charge in [-0.1, -0.05) is 59.7 Å². The van der Waals surface area contributed by atoms with Gasteiger partial charge in [0.2, 0.25) is 5.91 Å². The smallest absolute Gasteiger partial charge is 0.224 e. The topological polar surface area (TPSA) is 46.4 Å². The maximum absolute atomic E-state index is 13.2. The molecule has 1 N–H and O–H groups in total. The van der Waals surface area contributed by atoms with E-state index in [2.05, 4.69) is 84.4 Å². The van der Waals surface area contributed by atoms with E-state index in [0.29, 0.717) is 12.1 Å². The van der Waals surface area contributed by atoms with Gasteiger partial charge in [-0.15, -0.1) is 0 Å². The average Bonchev–Trinajstić information content (AvgIpc) is 3.22. The molecule has 0 spiro atoms. The van der Waals surface area contributed by atoms with Crippen molar-refractivity contribution >= 4 is 17.2 Å². The predicted molar refractivity (Wildman–Crippen MR) is 139 cm³/mol. The number of nitrogens with one attached hydrogen (secondary N) is 1. The summed E-state index contributed by atoms with van der Waals surface area (Å²) >= 11 is 0. The third kappa shape index (κ3) is 4.99. The summed E-state index contributed by atoms with van der Waals surface area (Å²) in [4.78, 5) is 17.6. The minimum absolute atomic E-state index is 0.128. The molecule has 174 valence electrons. The first kappa shape index (κ1) is 22.5. The van der Waals surface area contributed by atoms with Crippen LogP contribution in [-0.2, 0) is 11.2 Å². The number of rotatable bonds is 6. The second kappa shape index (κ2) is 9.55. The fraction of sp³-hybridized carbons (Fsp3) is 0.133. The van der Waals surface area contributed by atoms with Crippen molar-refractivity contribution in [3.63, 3.8) is 0 Å². The minimum atomic E-state index is -0.333. The van der Waals surface area contributed by atoms with Gasteiger partial charge in [-0.2, -0.15) is 0 Å². The van der Waals surface area contributed by atoms with E-state index < -0.39 is 0 Å². The highest BCUT2D eigenvalue weighted by Gasteiger charge is 2.16. The lowest BCUT2D eigenvalue weighted by Gasteiger charge is -2.09. The fourth-order valence-electron chi connectivity index (χ4n) is 4.26. The number of aryl methyl sites for hydroxylation is 3. The van der Waals surface area contributed by atoms with Crippen molar-refractivity contribution in [1.29, 1.82) is 0 Å². The van der Waals surface area contributed by atoms with Crippen LogP contribution in [0.4, 0.5) is 10.1 Å². The Bertz CT molecular complexity index is 1500. The molecule has 0 unspecified atom stereocenters. The van der Waals surface area contributed by atoms with Gasteiger partial charge in [0.1, 0.15) is 11.5 Å². The summed E-state index contributed by atoms with van der Waals surface area (Å²) in [5, 5.41) is 2.85. The molecule has 5 rings (SSSR count). The molecular formula is C30H26FN3O. The van der Waals surface area contributed by atoms with Crippen molar-refractivity contribution in [3.8, 4) is 22.4 Å². The fourth-order valence-corrected chi connectivity index (χ4v) is 4.26. The molecule has 4 nitrogen and oxygen atoms in total. The number of hydrogen-bond acceptors (Lipinski definition) is 2. The molecule has 0 saturated carbocycles. The van der Waals surface area contributed by atoms with E-state index in [-0.39, 0.29) is 18.1 Å². The molecule has 0 atom stereocenters. The average molecular weight is 464 g/mol. The number of pyridine rings is 1. The number of nitrogens with zero attached hydrogens (tertiary/aromatic N) is 2. The first-order chi connectivity index (χ1) is 17.0. The molecule has 35 heavy (non-hydrogen) atoms.